The third-order valence-corrected chi connectivity index (χ3v) is 4.00. The molecule has 0 fully saturated rings. The van der Waals surface area contributed by atoms with Gasteiger partial charge in [-0.15, -0.1) is 0 Å². The zero-order valence-electron chi connectivity index (χ0n) is 15.6. The van der Waals surface area contributed by atoms with Gasteiger partial charge in [0.05, 0.1) is 13.3 Å². The second kappa shape index (κ2) is 9.27. The van der Waals surface area contributed by atoms with Gasteiger partial charge < -0.3 is 10.1 Å². The molecule has 0 saturated carbocycles. The summed E-state index contributed by atoms with van der Waals surface area (Å²) in [6.45, 7) is 0. The first-order valence-electron chi connectivity index (χ1n) is 8.70. The van der Waals surface area contributed by atoms with Gasteiger partial charge in [0, 0.05) is 22.4 Å². The van der Waals surface area contributed by atoms with E-state index in [4.69, 9.17) is 4.74 Å². The van der Waals surface area contributed by atoms with Gasteiger partial charge in [0.1, 0.15) is 11.6 Å². The standard InChI is InChI=1S/C22H18FN3O3/c1-29-20-8-3-2-5-17(20)14-24-26-22(28)16-6-4-7-19(13-16)25-21(27)15-9-11-18(23)12-10-15/h2-14H,1H3,(H,25,27)(H,26,28)/b24-14+. The van der Waals surface area contributed by atoms with Gasteiger partial charge >= 0.3 is 0 Å². The summed E-state index contributed by atoms with van der Waals surface area (Å²) in [4.78, 5) is 24.6. The lowest BCUT2D eigenvalue weighted by molar-refractivity contribution is 0.0953. The van der Waals surface area contributed by atoms with Crippen molar-refractivity contribution in [3.05, 3.63) is 95.3 Å². The van der Waals surface area contributed by atoms with Crippen LogP contribution in [0.25, 0.3) is 0 Å². The topological polar surface area (TPSA) is 79.8 Å². The highest BCUT2D eigenvalue weighted by molar-refractivity contribution is 6.05. The zero-order valence-corrected chi connectivity index (χ0v) is 15.6. The Labute approximate surface area is 167 Å². The number of anilines is 1. The fourth-order valence-corrected chi connectivity index (χ4v) is 2.54. The number of para-hydroxylation sites is 1. The summed E-state index contributed by atoms with van der Waals surface area (Å²) < 4.78 is 18.2. The number of hydrogen-bond donors (Lipinski definition) is 2. The van der Waals surface area contributed by atoms with E-state index in [0.29, 0.717) is 22.6 Å². The van der Waals surface area contributed by atoms with Gasteiger partial charge in [-0.1, -0.05) is 18.2 Å². The van der Waals surface area contributed by atoms with Crippen molar-refractivity contribution in [3.63, 3.8) is 0 Å². The number of nitrogens with one attached hydrogen (secondary N) is 2. The summed E-state index contributed by atoms with van der Waals surface area (Å²) in [7, 11) is 1.55. The molecule has 3 rings (SSSR count). The highest BCUT2D eigenvalue weighted by atomic mass is 19.1. The molecular formula is C22H18FN3O3. The largest absolute Gasteiger partial charge is 0.496 e. The molecular weight excluding hydrogens is 373 g/mol. The van der Waals surface area contributed by atoms with E-state index in [1.165, 1.54) is 36.5 Å². The maximum absolute atomic E-state index is 13.0. The first-order chi connectivity index (χ1) is 14.1. The second-order valence-electron chi connectivity index (χ2n) is 5.98. The first-order valence-corrected chi connectivity index (χ1v) is 8.70. The Kier molecular flexibility index (Phi) is 6.32. The van der Waals surface area contributed by atoms with E-state index in [1.54, 1.807) is 37.4 Å². The van der Waals surface area contributed by atoms with Crippen molar-refractivity contribution in [1.29, 1.82) is 0 Å². The Morgan fingerprint density at radius 2 is 1.69 bits per heavy atom. The molecule has 0 aliphatic carbocycles. The summed E-state index contributed by atoms with van der Waals surface area (Å²) >= 11 is 0. The smallest absolute Gasteiger partial charge is 0.271 e. The Balaban J connectivity index is 1.65. The van der Waals surface area contributed by atoms with Crippen LogP contribution >= 0.6 is 0 Å². The van der Waals surface area contributed by atoms with Crippen molar-refractivity contribution < 1.29 is 18.7 Å². The molecule has 3 aromatic rings. The minimum Gasteiger partial charge on any atom is -0.496 e. The van der Waals surface area contributed by atoms with Crippen LogP contribution in [0.5, 0.6) is 5.75 Å². The molecule has 7 heteroatoms. The van der Waals surface area contributed by atoms with Crippen molar-refractivity contribution in [3.8, 4) is 5.75 Å². The molecule has 0 spiro atoms. The van der Waals surface area contributed by atoms with Crippen LogP contribution < -0.4 is 15.5 Å². The van der Waals surface area contributed by atoms with Gasteiger partial charge in [0.2, 0.25) is 0 Å². The van der Waals surface area contributed by atoms with Crippen LogP contribution in [0.1, 0.15) is 26.3 Å². The monoisotopic (exact) mass is 391 g/mol. The molecule has 0 heterocycles. The zero-order chi connectivity index (χ0) is 20.6. The Bertz CT molecular complexity index is 1050. The number of carbonyl (C=O) groups is 2. The second-order valence-corrected chi connectivity index (χ2v) is 5.98. The SMILES string of the molecule is COc1ccccc1/C=N/NC(=O)c1cccc(NC(=O)c2ccc(F)cc2)c1. The number of methoxy groups -OCH3 is 1. The lowest BCUT2D eigenvalue weighted by Crippen LogP contribution is -2.18. The van der Waals surface area contributed by atoms with Crippen molar-refractivity contribution in [2.45, 2.75) is 0 Å². The summed E-state index contributed by atoms with van der Waals surface area (Å²) in [6.07, 6.45) is 1.48. The van der Waals surface area contributed by atoms with Gasteiger partial charge in [0.15, 0.2) is 0 Å². The van der Waals surface area contributed by atoms with Crippen molar-refractivity contribution in [1.82, 2.24) is 5.43 Å². The molecule has 0 unspecified atom stereocenters. The quantitative estimate of drug-likeness (QED) is 0.495. The lowest BCUT2D eigenvalue weighted by atomic mass is 10.1. The van der Waals surface area contributed by atoms with E-state index in [-0.39, 0.29) is 0 Å². The normalized spacial score (nSPS) is 10.6. The number of amides is 2. The average Bonchev–Trinajstić information content (AvgIpc) is 2.74. The molecule has 3 aromatic carbocycles. The van der Waals surface area contributed by atoms with E-state index in [0.717, 1.165) is 5.56 Å². The lowest BCUT2D eigenvalue weighted by Gasteiger charge is -2.07. The highest BCUT2D eigenvalue weighted by Gasteiger charge is 2.09. The minimum atomic E-state index is -0.436. The van der Waals surface area contributed by atoms with Gasteiger partial charge in [0.25, 0.3) is 11.8 Å². The average molecular weight is 391 g/mol. The van der Waals surface area contributed by atoms with Gasteiger partial charge in [-0.3, -0.25) is 9.59 Å². The minimum absolute atomic E-state index is 0.308. The van der Waals surface area contributed by atoms with Crippen molar-refractivity contribution >= 4 is 23.7 Å². The predicted octanol–water partition coefficient (Wildman–Crippen LogP) is 3.85. The van der Waals surface area contributed by atoms with Crippen LogP contribution in [-0.2, 0) is 0 Å². The number of rotatable bonds is 6. The molecule has 0 saturated heterocycles. The van der Waals surface area contributed by atoms with Crippen LogP contribution in [0.4, 0.5) is 10.1 Å². The molecule has 0 bridgehead atoms. The number of hydrogen-bond acceptors (Lipinski definition) is 4. The van der Waals surface area contributed by atoms with Gasteiger partial charge in [-0.25, -0.2) is 9.82 Å². The molecule has 0 aliphatic heterocycles. The molecule has 146 valence electrons. The molecule has 0 radical (unpaired) electrons. The van der Waals surface area contributed by atoms with Gasteiger partial charge in [-0.05, 0) is 54.6 Å². The maximum Gasteiger partial charge on any atom is 0.271 e. The summed E-state index contributed by atoms with van der Waals surface area (Å²) in [6, 6.07) is 18.8. The summed E-state index contributed by atoms with van der Waals surface area (Å²) in [5.41, 5.74) is 4.21. The number of benzene rings is 3. The summed E-state index contributed by atoms with van der Waals surface area (Å²) in [5.74, 6) is -0.629. The van der Waals surface area contributed by atoms with Crippen molar-refractivity contribution in [2.75, 3.05) is 12.4 Å². The number of nitrogens with zero attached hydrogens (tertiary/aromatic N) is 1. The van der Waals surface area contributed by atoms with E-state index in [1.807, 2.05) is 12.1 Å². The third kappa shape index (κ3) is 5.26. The van der Waals surface area contributed by atoms with Crippen LogP contribution in [0, 0.1) is 5.82 Å². The third-order valence-electron chi connectivity index (χ3n) is 4.00. The van der Waals surface area contributed by atoms with Crippen LogP contribution in [0.3, 0.4) is 0 Å². The molecule has 0 aromatic heterocycles. The molecule has 2 amide bonds. The van der Waals surface area contributed by atoms with E-state index < -0.39 is 17.6 Å². The van der Waals surface area contributed by atoms with Crippen LogP contribution in [-0.4, -0.2) is 25.1 Å². The van der Waals surface area contributed by atoms with Gasteiger partial charge in [-0.2, -0.15) is 5.10 Å². The van der Waals surface area contributed by atoms with Crippen LogP contribution in [0.2, 0.25) is 0 Å². The number of ether oxygens (including phenoxy) is 1. The van der Waals surface area contributed by atoms with E-state index >= 15 is 0 Å². The molecule has 2 N–H and O–H groups in total. The first kappa shape index (κ1) is 19.8. The van der Waals surface area contributed by atoms with E-state index in [9.17, 15) is 14.0 Å². The number of halogens is 1. The fraction of sp³-hybridized carbons (Fsp3) is 0.0455. The predicted molar refractivity (Wildman–Crippen MR) is 109 cm³/mol. The maximum atomic E-state index is 13.0. The Morgan fingerprint density at radius 1 is 0.931 bits per heavy atom. The fourth-order valence-electron chi connectivity index (χ4n) is 2.54. The summed E-state index contributed by atoms with van der Waals surface area (Å²) in [5, 5.41) is 6.62. The van der Waals surface area contributed by atoms with Crippen LogP contribution in [0.15, 0.2) is 77.9 Å². The molecule has 0 aliphatic rings. The molecule has 29 heavy (non-hydrogen) atoms. The number of carbonyl (C=O) groups excluding carboxylic acids is 2. The Hall–Kier alpha value is -4.00. The number of hydrazone groups is 1. The molecule has 6 nitrogen and oxygen atoms in total. The Morgan fingerprint density at radius 3 is 2.45 bits per heavy atom. The highest BCUT2D eigenvalue weighted by Crippen LogP contribution is 2.15. The van der Waals surface area contributed by atoms with Crippen molar-refractivity contribution in [2.24, 2.45) is 5.10 Å². The van der Waals surface area contributed by atoms with E-state index in [2.05, 4.69) is 15.8 Å². The molecule has 0 atom stereocenters.